The van der Waals surface area contributed by atoms with Crippen LogP contribution < -0.4 is 4.90 Å². The summed E-state index contributed by atoms with van der Waals surface area (Å²) in [7, 11) is 0. The number of hydrogen-bond donors (Lipinski definition) is 0. The van der Waals surface area contributed by atoms with E-state index in [1.165, 1.54) is 16.9 Å². The molecule has 0 N–H and O–H groups in total. The molecule has 0 saturated heterocycles. The van der Waals surface area contributed by atoms with Crippen LogP contribution in [0.25, 0.3) is 0 Å². The number of benzene rings is 1. The Balaban J connectivity index is 2.24. The summed E-state index contributed by atoms with van der Waals surface area (Å²) < 4.78 is 0. The van der Waals surface area contributed by atoms with E-state index in [-0.39, 0.29) is 5.41 Å². The number of allylic oxidation sites excluding steroid dienone is 6. The van der Waals surface area contributed by atoms with Crippen molar-refractivity contribution >= 4 is 5.69 Å². The molecule has 130 valence electrons. The largest absolute Gasteiger partial charge is 0.344 e. The van der Waals surface area contributed by atoms with Crippen molar-refractivity contribution in [1.29, 1.82) is 0 Å². The van der Waals surface area contributed by atoms with Crippen molar-refractivity contribution in [1.82, 2.24) is 0 Å². The van der Waals surface area contributed by atoms with E-state index in [9.17, 15) is 0 Å². The molecule has 1 aliphatic rings. The lowest BCUT2D eigenvalue weighted by Crippen LogP contribution is -2.26. The molecule has 24 heavy (non-hydrogen) atoms. The van der Waals surface area contributed by atoms with E-state index < -0.39 is 0 Å². The van der Waals surface area contributed by atoms with Crippen LogP contribution in [0.4, 0.5) is 5.69 Å². The van der Waals surface area contributed by atoms with Crippen molar-refractivity contribution in [3.05, 3.63) is 65.9 Å². The summed E-state index contributed by atoms with van der Waals surface area (Å²) in [5, 5.41) is 0. The first-order chi connectivity index (χ1) is 11.4. The highest BCUT2D eigenvalue weighted by Crippen LogP contribution is 2.47. The molecule has 0 spiro atoms. The Labute approximate surface area is 148 Å². The second-order valence-electron chi connectivity index (χ2n) is 7.72. The lowest BCUT2D eigenvalue weighted by atomic mass is 9.84. The zero-order chi connectivity index (χ0) is 17.7. The van der Waals surface area contributed by atoms with Gasteiger partial charge in [-0.15, -0.1) is 0 Å². The molecule has 1 aliphatic heterocycles. The van der Waals surface area contributed by atoms with Crippen LogP contribution in [0, 0.1) is 11.8 Å². The second-order valence-corrected chi connectivity index (χ2v) is 7.72. The van der Waals surface area contributed by atoms with Gasteiger partial charge in [-0.2, -0.15) is 0 Å². The van der Waals surface area contributed by atoms with Gasteiger partial charge < -0.3 is 4.90 Å². The summed E-state index contributed by atoms with van der Waals surface area (Å²) in [5.74, 6) is 1.31. The number of nitrogens with zero attached hydrogens (tertiary/aromatic N) is 1. The number of anilines is 1. The zero-order valence-electron chi connectivity index (χ0n) is 16.2. The minimum absolute atomic E-state index is 0.0606. The highest BCUT2D eigenvalue weighted by Gasteiger charge is 2.38. The maximum atomic E-state index is 2.49. The molecule has 0 aliphatic carbocycles. The molecule has 1 heteroatoms. The normalized spacial score (nSPS) is 19.8. The van der Waals surface area contributed by atoms with E-state index in [1.807, 2.05) is 0 Å². The molecule has 1 nitrogen and oxygen atoms in total. The van der Waals surface area contributed by atoms with Gasteiger partial charge in [0.2, 0.25) is 0 Å². The molecule has 1 aromatic carbocycles. The summed E-state index contributed by atoms with van der Waals surface area (Å²) in [4.78, 5) is 2.49. The molecule has 0 amide bonds. The summed E-state index contributed by atoms with van der Waals surface area (Å²) in [5.41, 5.74) is 4.26. The quantitative estimate of drug-likeness (QED) is 0.541. The zero-order valence-corrected chi connectivity index (χ0v) is 16.2. The topological polar surface area (TPSA) is 3.24 Å². The van der Waals surface area contributed by atoms with Crippen LogP contribution in [0.1, 0.15) is 53.5 Å². The third-order valence-electron chi connectivity index (χ3n) is 5.19. The first kappa shape index (κ1) is 18.6. The predicted molar refractivity (Wildman–Crippen MR) is 107 cm³/mol. The third-order valence-corrected chi connectivity index (χ3v) is 5.19. The lowest BCUT2D eigenvalue weighted by Gasteiger charge is -2.26. The van der Waals surface area contributed by atoms with Gasteiger partial charge in [-0.3, -0.25) is 0 Å². The molecule has 1 heterocycles. The van der Waals surface area contributed by atoms with Gasteiger partial charge in [-0.05, 0) is 36.0 Å². The summed E-state index contributed by atoms with van der Waals surface area (Å²) in [6.07, 6.45) is 12.3. The van der Waals surface area contributed by atoms with E-state index in [1.54, 1.807) is 0 Å². The Morgan fingerprint density at radius 3 is 2.42 bits per heavy atom. The summed E-state index contributed by atoms with van der Waals surface area (Å²) in [6, 6.07) is 8.82. The average molecular weight is 324 g/mol. The Morgan fingerprint density at radius 1 is 1.04 bits per heavy atom. The second kappa shape index (κ2) is 7.88. The van der Waals surface area contributed by atoms with Gasteiger partial charge in [-0.1, -0.05) is 84.0 Å². The molecule has 1 atom stereocenters. The number of hydrogen-bond acceptors (Lipinski definition) is 1. The first-order valence-electron chi connectivity index (χ1n) is 9.32. The maximum absolute atomic E-state index is 2.49. The van der Waals surface area contributed by atoms with Crippen LogP contribution in [0.3, 0.4) is 0 Å². The van der Waals surface area contributed by atoms with Gasteiger partial charge in [0.25, 0.3) is 0 Å². The highest BCUT2D eigenvalue weighted by molar-refractivity contribution is 5.70. The van der Waals surface area contributed by atoms with E-state index in [4.69, 9.17) is 0 Å². The van der Waals surface area contributed by atoms with Crippen molar-refractivity contribution in [2.75, 3.05) is 11.4 Å². The summed E-state index contributed by atoms with van der Waals surface area (Å²) >= 11 is 0. The molecular weight excluding hydrogens is 290 g/mol. The van der Waals surface area contributed by atoms with Crippen molar-refractivity contribution in [3.8, 4) is 0 Å². The SMILES string of the molecule is CCCN1C(=CC=CC=CC(C)C(C)C)C(C)(C)c2ccccc21. The van der Waals surface area contributed by atoms with Gasteiger partial charge in [0.15, 0.2) is 0 Å². The number of para-hydroxylation sites is 1. The summed E-state index contributed by atoms with van der Waals surface area (Å²) in [6.45, 7) is 14.8. The van der Waals surface area contributed by atoms with Crippen molar-refractivity contribution in [2.24, 2.45) is 11.8 Å². The van der Waals surface area contributed by atoms with Crippen molar-refractivity contribution in [3.63, 3.8) is 0 Å². The first-order valence-corrected chi connectivity index (χ1v) is 9.32. The Morgan fingerprint density at radius 2 is 1.75 bits per heavy atom. The van der Waals surface area contributed by atoms with Crippen LogP contribution in [-0.2, 0) is 5.41 Å². The van der Waals surface area contributed by atoms with Crippen LogP contribution in [0.5, 0.6) is 0 Å². The van der Waals surface area contributed by atoms with Crippen molar-refractivity contribution < 1.29 is 0 Å². The van der Waals surface area contributed by atoms with E-state index in [0.29, 0.717) is 11.8 Å². The van der Waals surface area contributed by atoms with Crippen LogP contribution in [0.2, 0.25) is 0 Å². The molecule has 0 radical (unpaired) electrons. The highest BCUT2D eigenvalue weighted by atomic mass is 15.2. The smallest absolute Gasteiger partial charge is 0.0450 e. The molecule has 2 rings (SSSR count). The molecule has 0 aromatic heterocycles. The van der Waals surface area contributed by atoms with Crippen LogP contribution in [-0.4, -0.2) is 6.54 Å². The molecular formula is C23H33N. The Kier molecular flexibility index (Phi) is 6.10. The average Bonchev–Trinajstić information content (AvgIpc) is 2.76. The number of fused-ring (bicyclic) bond motifs is 1. The molecule has 0 fully saturated rings. The molecule has 1 unspecified atom stereocenters. The van der Waals surface area contributed by atoms with Gasteiger partial charge in [0.05, 0.1) is 0 Å². The van der Waals surface area contributed by atoms with E-state index >= 15 is 0 Å². The fraction of sp³-hybridized carbons (Fsp3) is 0.478. The maximum Gasteiger partial charge on any atom is 0.0450 e. The fourth-order valence-corrected chi connectivity index (χ4v) is 3.28. The minimum Gasteiger partial charge on any atom is -0.344 e. The fourth-order valence-electron chi connectivity index (χ4n) is 3.28. The van der Waals surface area contributed by atoms with Crippen molar-refractivity contribution in [2.45, 2.75) is 53.4 Å². The van der Waals surface area contributed by atoms with Crippen LogP contribution in [0.15, 0.2) is 60.3 Å². The van der Waals surface area contributed by atoms with E-state index in [2.05, 4.69) is 101 Å². The van der Waals surface area contributed by atoms with Gasteiger partial charge in [-0.25, -0.2) is 0 Å². The monoisotopic (exact) mass is 323 g/mol. The minimum atomic E-state index is 0.0606. The van der Waals surface area contributed by atoms with Crippen LogP contribution >= 0.6 is 0 Å². The standard InChI is InChI=1S/C23H33N/c1-7-17-24-21-15-12-11-14-20(21)23(5,6)22(24)16-10-8-9-13-19(4)18(2)3/h8-16,18-19H,7,17H2,1-6H3. The van der Waals surface area contributed by atoms with Gasteiger partial charge in [0.1, 0.15) is 0 Å². The van der Waals surface area contributed by atoms with E-state index in [0.717, 1.165) is 13.0 Å². The lowest BCUT2D eigenvalue weighted by molar-refractivity contribution is 0.504. The molecule has 1 aromatic rings. The third kappa shape index (κ3) is 3.83. The predicted octanol–water partition coefficient (Wildman–Crippen LogP) is 6.48. The number of rotatable bonds is 6. The Hall–Kier alpha value is -1.76. The molecule has 0 bridgehead atoms. The Bertz CT molecular complexity index is 631. The van der Waals surface area contributed by atoms with Gasteiger partial charge in [0, 0.05) is 23.3 Å². The van der Waals surface area contributed by atoms with Gasteiger partial charge >= 0.3 is 0 Å². The molecule has 0 saturated carbocycles.